The number of amides is 1. The summed E-state index contributed by atoms with van der Waals surface area (Å²) in [6.45, 7) is 6.04. The first-order valence-electron chi connectivity index (χ1n) is 8.47. The van der Waals surface area contributed by atoms with Gasteiger partial charge >= 0.3 is 0 Å². The fourth-order valence-corrected chi connectivity index (χ4v) is 2.83. The van der Waals surface area contributed by atoms with Gasteiger partial charge in [0.05, 0.1) is 6.54 Å². The van der Waals surface area contributed by atoms with Crippen LogP contribution >= 0.6 is 0 Å². The molecule has 0 aliphatic heterocycles. The molecule has 128 valence electrons. The zero-order valence-electron chi connectivity index (χ0n) is 14.6. The Labute approximate surface area is 147 Å². The Kier molecular flexibility index (Phi) is 5.23. The van der Waals surface area contributed by atoms with Crippen LogP contribution in [-0.2, 0) is 6.54 Å². The van der Waals surface area contributed by atoms with Gasteiger partial charge in [0.15, 0.2) is 0 Å². The molecule has 5 heteroatoms. The summed E-state index contributed by atoms with van der Waals surface area (Å²) in [6.07, 6.45) is 7.29. The highest BCUT2D eigenvalue weighted by atomic mass is 16.2. The summed E-state index contributed by atoms with van der Waals surface area (Å²) in [6, 6.07) is 11.7. The molecule has 0 atom stereocenters. The third-order valence-electron chi connectivity index (χ3n) is 4.29. The Morgan fingerprint density at radius 3 is 2.60 bits per heavy atom. The molecule has 3 rings (SSSR count). The fraction of sp³-hybridized carbons (Fsp3) is 0.250. The van der Waals surface area contributed by atoms with Crippen molar-refractivity contribution in [2.45, 2.75) is 20.4 Å². The lowest BCUT2D eigenvalue weighted by atomic mass is 10.0. The Morgan fingerprint density at radius 2 is 1.96 bits per heavy atom. The van der Waals surface area contributed by atoms with Crippen molar-refractivity contribution in [3.8, 4) is 11.1 Å². The van der Waals surface area contributed by atoms with Gasteiger partial charge in [0.2, 0.25) is 0 Å². The summed E-state index contributed by atoms with van der Waals surface area (Å²) >= 11 is 0. The molecular weight excluding hydrogens is 312 g/mol. The maximum Gasteiger partial charge on any atom is 0.253 e. The molecule has 0 aliphatic carbocycles. The van der Waals surface area contributed by atoms with E-state index in [0.717, 1.165) is 16.7 Å². The highest BCUT2D eigenvalue weighted by molar-refractivity contribution is 5.94. The van der Waals surface area contributed by atoms with E-state index in [2.05, 4.69) is 10.1 Å². The smallest absolute Gasteiger partial charge is 0.253 e. The van der Waals surface area contributed by atoms with Gasteiger partial charge in [0.1, 0.15) is 0 Å². The van der Waals surface area contributed by atoms with Gasteiger partial charge < -0.3 is 4.90 Å². The first kappa shape index (κ1) is 16.9. The van der Waals surface area contributed by atoms with Crippen molar-refractivity contribution in [1.29, 1.82) is 0 Å². The van der Waals surface area contributed by atoms with Crippen LogP contribution in [-0.4, -0.2) is 38.7 Å². The summed E-state index contributed by atoms with van der Waals surface area (Å²) in [5, 5.41) is 4.18. The van der Waals surface area contributed by atoms with Crippen molar-refractivity contribution in [1.82, 2.24) is 19.7 Å². The standard InChI is InChI=1S/C20H22N4O/c1-3-23(13-14-24-12-4-10-22-24)20(25)18-7-5-17(6-8-18)19-9-11-21-15-16(19)2/h4-12,15H,3,13-14H2,1-2H3. The third-order valence-corrected chi connectivity index (χ3v) is 4.29. The van der Waals surface area contributed by atoms with Crippen LogP contribution in [0.4, 0.5) is 0 Å². The van der Waals surface area contributed by atoms with Crippen LogP contribution in [0.25, 0.3) is 11.1 Å². The summed E-state index contributed by atoms with van der Waals surface area (Å²) in [7, 11) is 0. The molecule has 5 nitrogen and oxygen atoms in total. The van der Waals surface area contributed by atoms with Gasteiger partial charge in [-0.1, -0.05) is 12.1 Å². The molecule has 0 spiro atoms. The second-order valence-electron chi connectivity index (χ2n) is 5.92. The van der Waals surface area contributed by atoms with E-state index in [1.165, 1.54) is 0 Å². The molecule has 25 heavy (non-hydrogen) atoms. The molecule has 2 aromatic heterocycles. The van der Waals surface area contributed by atoms with Crippen LogP contribution < -0.4 is 0 Å². The lowest BCUT2D eigenvalue weighted by molar-refractivity contribution is 0.0757. The molecule has 1 aromatic carbocycles. The van der Waals surface area contributed by atoms with E-state index < -0.39 is 0 Å². The predicted octanol–water partition coefficient (Wildman–Crippen LogP) is 3.42. The zero-order valence-corrected chi connectivity index (χ0v) is 14.6. The minimum Gasteiger partial charge on any atom is -0.337 e. The largest absolute Gasteiger partial charge is 0.337 e. The minimum absolute atomic E-state index is 0.0488. The Morgan fingerprint density at radius 1 is 1.16 bits per heavy atom. The topological polar surface area (TPSA) is 51.0 Å². The van der Waals surface area contributed by atoms with E-state index >= 15 is 0 Å². The molecule has 1 amide bonds. The number of carbonyl (C=O) groups is 1. The zero-order chi connectivity index (χ0) is 17.6. The van der Waals surface area contributed by atoms with Crippen LogP contribution in [0.5, 0.6) is 0 Å². The average Bonchev–Trinajstić information content (AvgIpc) is 3.16. The van der Waals surface area contributed by atoms with Gasteiger partial charge in [0.25, 0.3) is 5.91 Å². The van der Waals surface area contributed by atoms with Gasteiger partial charge in [-0.15, -0.1) is 0 Å². The number of carbonyl (C=O) groups excluding carboxylic acids is 1. The summed E-state index contributed by atoms with van der Waals surface area (Å²) < 4.78 is 1.84. The third kappa shape index (κ3) is 3.94. The maximum absolute atomic E-state index is 12.7. The number of nitrogens with zero attached hydrogens (tertiary/aromatic N) is 4. The van der Waals surface area contributed by atoms with E-state index in [4.69, 9.17) is 0 Å². The van der Waals surface area contributed by atoms with Crippen LogP contribution in [0.2, 0.25) is 0 Å². The highest BCUT2D eigenvalue weighted by Crippen LogP contribution is 2.23. The number of rotatable bonds is 6. The van der Waals surface area contributed by atoms with Crippen molar-refractivity contribution in [3.63, 3.8) is 0 Å². The molecule has 0 radical (unpaired) electrons. The molecule has 0 unspecified atom stereocenters. The normalized spacial score (nSPS) is 10.6. The van der Waals surface area contributed by atoms with Crippen molar-refractivity contribution in [3.05, 3.63) is 72.3 Å². The SMILES string of the molecule is CCN(CCn1cccn1)C(=O)c1ccc(-c2ccncc2C)cc1. The fourth-order valence-electron chi connectivity index (χ4n) is 2.83. The van der Waals surface area contributed by atoms with Crippen LogP contribution in [0.1, 0.15) is 22.8 Å². The molecule has 0 saturated heterocycles. The molecule has 0 bridgehead atoms. The first-order chi connectivity index (χ1) is 12.2. The Balaban J connectivity index is 1.72. The monoisotopic (exact) mass is 334 g/mol. The number of hydrogen-bond acceptors (Lipinski definition) is 3. The highest BCUT2D eigenvalue weighted by Gasteiger charge is 2.14. The van der Waals surface area contributed by atoms with Gasteiger partial charge in [-0.2, -0.15) is 5.10 Å². The molecule has 2 heterocycles. The number of benzene rings is 1. The Hall–Kier alpha value is -2.95. The molecule has 3 aromatic rings. The van der Waals surface area contributed by atoms with Crippen LogP contribution in [0.3, 0.4) is 0 Å². The van der Waals surface area contributed by atoms with Crippen molar-refractivity contribution >= 4 is 5.91 Å². The average molecular weight is 334 g/mol. The number of aromatic nitrogens is 3. The number of aryl methyl sites for hydroxylation is 1. The number of pyridine rings is 1. The van der Waals surface area contributed by atoms with Crippen LogP contribution in [0, 0.1) is 6.92 Å². The van der Waals surface area contributed by atoms with E-state index in [-0.39, 0.29) is 5.91 Å². The van der Waals surface area contributed by atoms with Gasteiger partial charge in [-0.05, 0) is 54.8 Å². The second kappa shape index (κ2) is 7.75. The predicted molar refractivity (Wildman–Crippen MR) is 98.2 cm³/mol. The quantitative estimate of drug-likeness (QED) is 0.694. The number of hydrogen-bond donors (Lipinski definition) is 0. The molecule has 0 aliphatic rings. The van der Waals surface area contributed by atoms with Crippen molar-refractivity contribution in [2.75, 3.05) is 13.1 Å². The van der Waals surface area contributed by atoms with E-state index in [1.807, 2.05) is 72.2 Å². The van der Waals surface area contributed by atoms with E-state index in [0.29, 0.717) is 25.2 Å². The molecule has 0 N–H and O–H groups in total. The second-order valence-corrected chi connectivity index (χ2v) is 5.92. The molecule has 0 saturated carbocycles. The minimum atomic E-state index is 0.0488. The lowest BCUT2D eigenvalue weighted by Gasteiger charge is -2.21. The molecular formula is C20H22N4O. The van der Waals surface area contributed by atoms with Crippen LogP contribution in [0.15, 0.2) is 61.2 Å². The van der Waals surface area contributed by atoms with Gasteiger partial charge in [-0.3, -0.25) is 14.5 Å². The van der Waals surface area contributed by atoms with Gasteiger partial charge in [0, 0.05) is 43.4 Å². The molecule has 0 fully saturated rings. The number of likely N-dealkylation sites (N-methyl/N-ethyl adjacent to an activating group) is 1. The summed E-state index contributed by atoms with van der Waals surface area (Å²) in [5.74, 6) is 0.0488. The summed E-state index contributed by atoms with van der Waals surface area (Å²) in [5.41, 5.74) is 4.06. The van der Waals surface area contributed by atoms with Crippen molar-refractivity contribution in [2.24, 2.45) is 0 Å². The lowest BCUT2D eigenvalue weighted by Crippen LogP contribution is -2.33. The van der Waals surface area contributed by atoms with Crippen molar-refractivity contribution < 1.29 is 4.79 Å². The Bertz CT molecular complexity index is 825. The first-order valence-corrected chi connectivity index (χ1v) is 8.47. The summed E-state index contributed by atoms with van der Waals surface area (Å²) in [4.78, 5) is 18.7. The van der Waals surface area contributed by atoms with E-state index in [9.17, 15) is 4.79 Å². The maximum atomic E-state index is 12.7. The van der Waals surface area contributed by atoms with Gasteiger partial charge in [-0.25, -0.2) is 0 Å². The van der Waals surface area contributed by atoms with E-state index in [1.54, 1.807) is 12.4 Å².